The number of nitrogens with one attached hydrogen (secondary N) is 1. The number of aromatic nitrogens is 4. The summed E-state index contributed by atoms with van der Waals surface area (Å²) in [5.41, 5.74) is 3.46. The molecule has 1 fully saturated rings. The Balaban J connectivity index is 1.12. The number of pyridine rings is 1. The molecule has 14 heteroatoms. The number of rotatable bonds is 9. The van der Waals surface area contributed by atoms with Gasteiger partial charge in [-0.25, -0.2) is 24.2 Å². The maximum atomic E-state index is 12.8. The Hall–Kier alpha value is -5.97. The SMILES string of the molecule is CC(OC(=O)OCc1ccc(/N=N/c2ccc(O)c(C(=O)O)c2)cc1)c1nc2cnc3[nH]ccc3c2n1N1CCC(CC#N)CC1. The van der Waals surface area contributed by atoms with E-state index in [1.54, 1.807) is 37.4 Å². The highest BCUT2D eigenvalue weighted by molar-refractivity contribution is 6.01. The highest BCUT2D eigenvalue weighted by Crippen LogP contribution is 2.31. The molecule has 6 rings (SSSR count). The molecular weight excluding hydrogens is 592 g/mol. The summed E-state index contributed by atoms with van der Waals surface area (Å²) in [5.74, 6) is -0.736. The van der Waals surface area contributed by atoms with Crippen molar-refractivity contribution in [2.75, 3.05) is 18.1 Å². The van der Waals surface area contributed by atoms with Gasteiger partial charge < -0.3 is 29.7 Å². The molecule has 1 atom stereocenters. The first-order valence-electron chi connectivity index (χ1n) is 14.7. The molecule has 0 bridgehead atoms. The number of piperidine rings is 1. The molecule has 4 heterocycles. The Morgan fingerprint density at radius 3 is 2.61 bits per heavy atom. The Morgan fingerprint density at radius 1 is 1.13 bits per heavy atom. The Morgan fingerprint density at radius 2 is 1.87 bits per heavy atom. The number of carboxylic acids is 1. The number of carboxylic acid groups (broad SMARTS) is 1. The van der Waals surface area contributed by atoms with E-state index in [4.69, 9.17) is 24.8 Å². The molecule has 0 amide bonds. The maximum absolute atomic E-state index is 12.8. The van der Waals surface area contributed by atoms with Crippen LogP contribution in [-0.2, 0) is 16.1 Å². The number of fused-ring (bicyclic) bond motifs is 3. The number of aromatic amines is 1. The second-order valence-electron chi connectivity index (χ2n) is 10.9. The average Bonchev–Trinajstić information content (AvgIpc) is 3.69. The Bertz CT molecular complexity index is 1970. The number of aromatic carboxylic acids is 1. The number of H-pyrrole nitrogens is 1. The van der Waals surface area contributed by atoms with Gasteiger partial charge in [0.15, 0.2) is 11.9 Å². The summed E-state index contributed by atoms with van der Waals surface area (Å²) in [6.07, 6.45) is 4.20. The summed E-state index contributed by atoms with van der Waals surface area (Å²) in [6, 6.07) is 14.9. The smallest absolute Gasteiger partial charge is 0.507 e. The van der Waals surface area contributed by atoms with Crippen molar-refractivity contribution >= 4 is 45.6 Å². The Labute approximate surface area is 262 Å². The van der Waals surface area contributed by atoms with E-state index in [1.165, 1.54) is 18.2 Å². The normalized spacial score (nSPS) is 14.5. The highest BCUT2D eigenvalue weighted by atomic mass is 16.7. The number of imidazole rings is 1. The number of ether oxygens (including phenoxy) is 2. The third-order valence-corrected chi connectivity index (χ3v) is 7.88. The van der Waals surface area contributed by atoms with Gasteiger partial charge in [0.05, 0.1) is 23.6 Å². The van der Waals surface area contributed by atoms with Gasteiger partial charge in [-0.1, -0.05) is 12.1 Å². The van der Waals surface area contributed by atoms with Crippen molar-refractivity contribution in [2.24, 2.45) is 16.1 Å². The number of phenols is 1. The number of hydrogen-bond donors (Lipinski definition) is 3. The van der Waals surface area contributed by atoms with E-state index in [9.17, 15) is 14.7 Å². The van der Waals surface area contributed by atoms with Crippen LogP contribution in [0.15, 0.2) is 71.2 Å². The van der Waals surface area contributed by atoms with E-state index in [1.807, 2.05) is 16.9 Å². The standard InChI is InChI=1S/C32H30N8O6/c1-19(30-36-26-17-35-29-24(9-13-34-29)28(26)40(30)39-14-10-20(8-12-33)11-15-39)46-32(44)45-18-21-2-4-22(5-3-21)37-38-23-6-7-27(41)25(16-23)31(42)43/h2-7,9,13,16-17,19-20,41H,8,10-11,14-15,18H2,1H3,(H,34,35)(H,42,43)/b38-37+. The highest BCUT2D eigenvalue weighted by Gasteiger charge is 2.28. The summed E-state index contributed by atoms with van der Waals surface area (Å²) in [7, 11) is 0. The van der Waals surface area contributed by atoms with Gasteiger partial charge in [0.1, 0.15) is 34.6 Å². The van der Waals surface area contributed by atoms with Crippen LogP contribution in [0.2, 0.25) is 0 Å². The van der Waals surface area contributed by atoms with Crippen LogP contribution in [-0.4, -0.2) is 55.1 Å². The lowest BCUT2D eigenvalue weighted by molar-refractivity contribution is 0.0203. The van der Waals surface area contributed by atoms with Crippen LogP contribution in [0.5, 0.6) is 5.75 Å². The van der Waals surface area contributed by atoms with Crippen LogP contribution in [0.1, 0.15) is 54.0 Å². The number of carbonyl (C=O) groups excluding carboxylic acids is 1. The molecular formula is C32H30N8O6. The van der Waals surface area contributed by atoms with Crippen molar-refractivity contribution in [3.8, 4) is 11.8 Å². The lowest BCUT2D eigenvalue weighted by Gasteiger charge is -2.35. The predicted molar refractivity (Wildman–Crippen MR) is 166 cm³/mol. The summed E-state index contributed by atoms with van der Waals surface area (Å²) in [4.78, 5) is 36.4. The molecule has 1 aliphatic heterocycles. The molecule has 0 radical (unpaired) electrons. The molecule has 3 aromatic heterocycles. The predicted octanol–water partition coefficient (Wildman–Crippen LogP) is 6.41. The van der Waals surface area contributed by atoms with Gasteiger partial charge in [0.2, 0.25) is 0 Å². The van der Waals surface area contributed by atoms with Crippen molar-refractivity contribution in [1.82, 2.24) is 19.6 Å². The van der Waals surface area contributed by atoms with Gasteiger partial charge in [-0.05, 0) is 67.6 Å². The molecule has 0 saturated carbocycles. The third-order valence-electron chi connectivity index (χ3n) is 7.88. The second-order valence-corrected chi connectivity index (χ2v) is 10.9. The van der Waals surface area contributed by atoms with Crippen molar-refractivity contribution < 1.29 is 29.3 Å². The van der Waals surface area contributed by atoms with Crippen LogP contribution in [0.25, 0.3) is 22.1 Å². The van der Waals surface area contributed by atoms with Crippen LogP contribution in [0, 0.1) is 17.2 Å². The van der Waals surface area contributed by atoms with Crippen LogP contribution < -0.4 is 5.01 Å². The van der Waals surface area contributed by atoms with E-state index in [0.717, 1.165) is 42.5 Å². The third kappa shape index (κ3) is 6.29. The molecule has 5 aromatic rings. The molecule has 1 unspecified atom stereocenters. The van der Waals surface area contributed by atoms with Gasteiger partial charge in [0, 0.05) is 31.1 Å². The topological polar surface area (TPSA) is 191 Å². The number of azo groups is 1. The van der Waals surface area contributed by atoms with Gasteiger partial charge in [-0.2, -0.15) is 15.5 Å². The quantitative estimate of drug-likeness (QED) is 0.122. The van der Waals surface area contributed by atoms with Gasteiger partial charge in [0.25, 0.3) is 0 Å². The molecule has 3 N–H and O–H groups in total. The molecule has 234 valence electrons. The first-order chi connectivity index (χ1) is 22.3. The van der Waals surface area contributed by atoms with Gasteiger partial charge in [-0.3, -0.25) is 0 Å². The number of nitrogens with zero attached hydrogens (tertiary/aromatic N) is 7. The minimum absolute atomic E-state index is 0.0420. The van der Waals surface area contributed by atoms with E-state index in [0.29, 0.717) is 34.9 Å². The van der Waals surface area contributed by atoms with Gasteiger partial charge in [-0.15, -0.1) is 0 Å². The average molecular weight is 623 g/mol. The fraction of sp³-hybridized carbons (Fsp3) is 0.281. The fourth-order valence-corrected chi connectivity index (χ4v) is 5.48. The summed E-state index contributed by atoms with van der Waals surface area (Å²) >= 11 is 0. The lowest BCUT2D eigenvalue weighted by Crippen LogP contribution is -2.43. The monoisotopic (exact) mass is 622 g/mol. The fourth-order valence-electron chi connectivity index (χ4n) is 5.48. The van der Waals surface area contributed by atoms with Crippen LogP contribution >= 0.6 is 0 Å². The van der Waals surface area contributed by atoms with Gasteiger partial charge >= 0.3 is 12.1 Å². The summed E-state index contributed by atoms with van der Waals surface area (Å²) < 4.78 is 13.1. The minimum Gasteiger partial charge on any atom is -0.507 e. The number of hydrogen-bond acceptors (Lipinski definition) is 11. The second kappa shape index (κ2) is 12.9. The molecule has 0 aliphatic carbocycles. The molecule has 1 aliphatic rings. The number of carbonyl (C=O) groups is 2. The molecule has 14 nitrogen and oxygen atoms in total. The minimum atomic E-state index is -1.27. The largest absolute Gasteiger partial charge is 0.509 e. The van der Waals surface area contributed by atoms with E-state index in [-0.39, 0.29) is 23.6 Å². The summed E-state index contributed by atoms with van der Waals surface area (Å²) in [5, 5.41) is 39.1. The summed E-state index contributed by atoms with van der Waals surface area (Å²) in [6.45, 7) is 3.16. The first kappa shape index (κ1) is 30.1. The zero-order chi connectivity index (χ0) is 32.2. The Kier molecular flexibility index (Phi) is 8.46. The van der Waals surface area contributed by atoms with Crippen LogP contribution in [0.4, 0.5) is 16.2 Å². The number of aromatic hydroxyl groups is 1. The van der Waals surface area contributed by atoms with E-state index < -0.39 is 18.2 Å². The maximum Gasteiger partial charge on any atom is 0.509 e. The van der Waals surface area contributed by atoms with E-state index >= 15 is 0 Å². The molecule has 0 spiro atoms. The van der Waals surface area contributed by atoms with Crippen molar-refractivity contribution in [3.05, 3.63) is 77.9 Å². The molecule has 2 aromatic carbocycles. The number of nitriles is 1. The van der Waals surface area contributed by atoms with E-state index in [2.05, 4.69) is 31.3 Å². The molecule has 46 heavy (non-hydrogen) atoms. The number of benzene rings is 2. The van der Waals surface area contributed by atoms with Crippen molar-refractivity contribution in [3.63, 3.8) is 0 Å². The first-order valence-corrected chi connectivity index (χ1v) is 14.7. The van der Waals surface area contributed by atoms with Crippen LogP contribution in [0.3, 0.4) is 0 Å². The van der Waals surface area contributed by atoms with Crippen molar-refractivity contribution in [2.45, 2.75) is 38.9 Å². The zero-order valence-electron chi connectivity index (χ0n) is 24.8. The lowest BCUT2D eigenvalue weighted by atomic mass is 9.95. The zero-order valence-corrected chi connectivity index (χ0v) is 24.8. The van der Waals surface area contributed by atoms with Crippen molar-refractivity contribution in [1.29, 1.82) is 5.26 Å². The molecule has 1 saturated heterocycles.